The normalized spacial score (nSPS) is 20.1. The second-order valence-corrected chi connectivity index (χ2v) is 7.85. The predicted molar refractivity (Wildman–Crippen MR) is 88.9 cm³/mol. The van der Waals surface area contributed by atoms with Crippen LogP contribution in [-0.2, 0) is 10.0 Å². The first-order chi connectivity index (χ1) is 10.4. The molecule has 22 heavy (non-hydrogen) atoms. The number of rotatable bonds is 5. The Balaban J connectivity index is 2.46. The molecule has 4 nitrogen and oxygen atoms in total. The Morgan fingerprint density at radius 3 is 2.55 bits per heavy atom. The predicted octanol–water partition coefficient (Wildman–Crippen LogP) is 3.66. The van der Waals surface area contributed by atoms with Gasteiger partial charge in [-0.1, -0.05) is 19.4 Å². The summed E-state index contributed by atoms with van der Waals surface area (Å²) in [4.78, 5) is 0.391. The standard InChI is InChI=1S/C17H27NO3S/c1-5-15-9-7-8-10-18(15)22(19,20)17-12-16(21-6-2)13(3)11-14(17)4/h11-12,15H,5-10H2,1-4H3. The van der Waals surface area contributed by atoms with Crippen LogP contribution in [0.25, 0.3) is 0 Å². The van der Waals surface area contributed by atoms with Gasteiger partial charge >= 0.3 is 0 Å². The zero-order valence-corrected chi connectivity index (χ0v) is 14.9. The highest BCUT2D eigenvalue weighted by atomic mass is 32.2. The molecular weight excluding hydrogens is 298 g/mol. The monoisotopic (exact) mass is 325 g/mol. The maximum atomic E-state index is 13.1. The Morgan fingerprint density at radius 1 is 1.18 bits per heavy atom. The summed E-state index contributed by atoms with van der Waals surface area (Å²) in [7, 11) is -3.46. The number of hydrogen-bond acceptors (Lipinski definition) is 3. The van der Waals surface area contributed by atoms with Crippen molar-refractivity contribution in [2.75, 3.05) is 13.2 Å². The van der Waals surface area contributed by atoms with Gasteiger partial charge < -0.3 is 4.74 Å². The summed E-state index contributed by atoms with van der Waals surface area (Å²) in [5, 5.41) is 0. The number of sulfonamides is 1. The number of hydrogen-bond donors (Lipinski definition) is 0. The maximum Gasteiger partial charge on any atom is 0.243 e. The van der Waals surface area contributed by atoms with Gasteiger partial charge in [0.05, 0.1) is 11.5 Å². The van der Waals surface area contributed by atoms with Gasteiger partial charge in [0, 0.05) is 18.7 Å². The average molecular weight is 325 g/mol. The highest BCUT2D eigenvalue weighted by Crippen LogP contribution is 2.32. The van der Waals surface area contributed by atoms with Crippen molar-refractivity contribution in [3.05, 3.63) is 23.3 Å². The van der Waals surface area contributed by atoms with Crippen LogP contribution in [0.3, 0.4) is 0 Å². The summed E-state index contributed by atoms with van der Waals surface area (Å²) >= 11 is 0. The molecule has 0 N–H and O–H groups in total. The molecule has 124 valence electrons. The molecule has 1 fully saturated rings. The van der Waals surface area contributed by atoms with Crippen molar-refractivity contribution < 1.29 is 13.2 Å². The van der Waals surface area contributed by atoms with Gasteiger partial charge in [-0.25, -0.2) is 8.42 Å². The molecule has 2 rings (SSSR count). The molecule has 1 atom stereocenters. The first-order valence-corrected chi connectivity index (χ1v) is 9.61. The lowest BCUT2D eigenvalue weighted by Crippen LogP contribution is -2.43. The van der Waals surface area contributed by atoms with Gasteiger partial charge in [-0.05, 0) is 51.2 Å². The van der Waals surface area contributed by atoms with Gasteiger partial charge in [-0.2, -0.15) is 4.31 Å². The summed E-state index contributed by atoms with van der Waals surface area (Å²) < 4.78 is 33.5. The van der Waals surface area contributed by atoms with Crippen molar-refractivity contribution in [2.24, 2.45) is 0 Å². The molecule has 1 aromatic rings. The van der Waals surface area contributed by atoms with Crippen LogP contribution in [0.4, 0.5) is 0 Å². The first kappa shape index (κ1) is 17.3. The Bertz CT molecular complexity index is 625. The summed E-state index contributed by atoms with van der Waals surface area (Å²) in [6.07, 6.45) is 3.88. The third-order valence-electron chi connectivity index (χ3n) is 4.40. The third-order valence-corrected chi connectivity index (χ3v) is 6.50. The van der Waals surface area contributed by atoms with Crippen molar-refractivity contribution in [1.82, 2.24) is 4.31 Å². The molecule has 1 unspecified atom stereocenters. The Kier molecular flexibility index (Phi) is 5.50. The van der Waals surface area contributed by atoms with Gasteiger partial charge in [-0.15, -0.1) is 0 Å². The molecular formula is C17H27NO3S. The Morgan fingerprint density at radius 2 is 1.91 bits per heavy atom. The van der Waals surface area contributed by atoms with Crippen LogP contribution in [0.2, 0.25) is 0 Å². The lowest BCUT2D eigenvalue weighted by Gasteiger charge is -2.34. The molecule has 0 amide bonds. The minimum Gasteiger partial charge on any atom is -0.494 e. The van der Waals surface area contributed by atoms with Crippen LogP contribution in [-0.4, -0.2) is 31.9 Å². The van der Waals surface area contributed by atoms with Crippen LogP contribution < -0.4 is 4.74 Å². The first-order valence-electron chi connectivity index (χ1n) is 8.17. The van der Waals surface area contributed by atoms with Gasteiger partial charge in [0.1, 0.15) is 5.75 Å². The van der Waals surface area contributed by atoms with E-state index in [2.05, 4.69) is 6.92 Å². The fourth-order valence-electron chi connectivity index (χ4n) is 3.23. The molecule has 1 aliphatic heterocycles. The van der Waals surface area contributed by atoms with E-state index >= 15 is 0 Å². The van der Waals surface area contributed by atoms with E-state index in [0.717, 1.165) is 36.8 Å². The number of nitrogens with zero attached hydrogens (tertiary/aromatic N) is 1. The second-order valence-electron chi connectivity index (χ2n) is 5.99. The highest BCUT2D eigenvalue weighted by molar-refractivity contribution is 7.89. The summed E-state index contributed by atoms with van der Waals surface area (Å²) in [5.74, 6) is 0.664. The maximum absolute atomic E-state index is 13.1. The Labute approximate surface area is 134 Å². The molecule has 5 heteroatoms. The van der Waals surface area contributed by atoms with Crippen molar-refractivity contribution in [3.8, 4) is 5.75 Å². The van der Waals surface area contributed by atoms with Crippen LogP contribution in [0.5, 0.6) is 5.75 Å². The second kappa shape index (κ2) is 7.01. The fraction of sp³-hybridized carbons (Fsp3) is 0.647. The third kappa shape index (κ3) is 3.30. The van der Waals surface area contributed by atoms with Crippen molar-refractivity contribution in [3.63, 3.8) is 0 Å². The quantitative estimate of drug-likeness (QED) is 0.830. The summed E-state index contributed by atoms with van der Waals surface area (Å²) in [5.41, 5.74) is 1.77. The van der Waals surface area contributed by atoms with E-state index in [1.807, 2.05) is 26.8 Å². The minimum absolute atomic E-state index is 0.120. The lowest BCUT2D eigenvalue weighted by molar-refractivity contribution is 0.246. The van der Waals surface area contributed by atoms with E-state index in [0.29, 0.717) is 23.8 Å². The topological polar surface area (TPSA) is 46.6 Å². The van der Waals surface area contributed by atoms with Gasteiger partial charge in [0.2, 0.25) is 10.0 Å². The minimum atomic E-state index is -3.46. The smallest absolute Gasteiger partial charge is 0.243 e. The van der Waals surface area contributed by atoms with Crippen molar-refractivity contribution in [2.45, 2.75) is 64.3 Å². The van der Waals surface area contributed by atoms with Gasteiger partial charge in [0.15, 0.2) is 0 Å². The van der Waals surface area contributed by atoms with E-state index in [1.54, 1.807) is 10.4 Å². The van der Waals surface area contributed by atoms with Crippen LogP contribution in [0.1, 0.15) is 50.7 Å². The summed E-state index contributed by atoms with van der Waals surface area (Å²) in [6, 6.07) is 3.73. The van der Waals surface area contributed by atoms with Crippen molar-refractivity contribution >= 4 is 10.0 Å². The largest absolute Gasteiger partial charge is 0.494 e. The molecule has 0 saturated carbocycles. The van der Waals surface area contributed by atoms with Crippen molar-refractivity contribution in [1.29, 1.82) is 0 Å². The van der Waals surface area contributed by atoms with Crippen LogP contribution in [0, 0.1) is 13.8 Å². The molecule has 0 aliphatic carbocycles. The van der Waals surface area contributed by atoms with E-state index in [9.17, 15) is 8.42 Å². The molecule has 0 spiro atoms. The van der Waals surface area contributed by atoms with E-state index in [4.69, 9.17) is 4.74 Å². The van der Waals surface area contributed by atoms with E-state index in [-0.39, 0.29) is 6.04 Å². The Hall–Kier alpha value is -1.07. The molecule has 1 saturated heterocycles. The zero-order chi connectivity index (χ0) is 16.3. The fourth-order valence-corrected chi connectivity index (χ4v) is 5.22. The molecule has 1 aromatic carbocycles. The number of piperidine rings is 1. The van der Waals surface area contributed by atoms with Gasteiger partial charge in [0.25, 0.3) is 0 Å². The SMILES string of the molecule is CCOc1cc(S(=O)(=O)N2CCCCC2CC)c(C)cc1C. The van der Waals surface area contributed by atoms with Crippen LogP contribution >= 0.6 is 0 Å². The number of ether oxygens (including phenoxy) is 1. The lowest BCUT2D eigenvalue weighted by atomic mass is 10.0. The van der Waals surface area contributed by atoms with E-state index < -0.39 is 10.0 Å². The molecule has 1 heterocycles. The number of aryl methyl sites for hydroxylation is 2. The van der Waals surface area contributed by atoms with Crippen LogP contribution in [0.15, 0.2) is 17.0 Å². The molecule has 1 aliphatic rings. The van der Waals surface area contributed by atoms with Gasteiger partial charge in [-0.3, -0.25) is 0 Å². The molecule has 0 aromatic heterocycles. The number of benzene rings is 1. The van der Waals surface area contributed by atoms with E-state index in [1.165, 1.54) is 0 Å². The average Bonchev–Trinajstić information content (AvgIpc) is 2.49. The summed E-state index contributed by atoms with van der Waals surface area (Å²) in [6.45, 7) is 8.94. The highest BCUT2D eigenvalue weighted by Gasteiger charge is 2.33. The zero-order valence-electron chi connectivity index (χ0n) is 14.1. The molecule has 0 radical (unpaired) electrons. The molecule has 0 bridgehead atoms.